The number of carbonyl (C=O) groups excluding carboxylic acids is 4. The molecule has 11 nitrogen and oxygen atoms in total. The van der Waals surface area contributed by atoms with E-state index in [-0.39, 0.29) is 24.8 Å². The molecule has 0 spiro atoms. The van der Waals surface area contributed by atoms with Gasteiger partial charge >= 0.3 is 6.03 Å². The third-order valence-corrected chi connectivity index (χ3v) is 7.76. The molecule has 1 unspecified atom stereocenters. The number of carbonyl (C=O) groups is 4. The number of hydrogen-bond acceptors (Lipinski definition) is 7. The van der Waals surface area contributed by atoms with Crippen LogP contribution in [0, 0.1) is 6.92 Å². The number of nitrogens with one attached hydrogen (secondary N) is 3. The molecule has 3 aliphatic heterocycles. The third-order valence-electron chi connectivity index (χ3n) is 7.37. The minimum atomic E-state index is -0.667. The van der Waals surface area contributed by atoms with Crippen LogP contribution in [0.4, 0.5) is 10.5 Å². The van der Waals surface area contributed by atoms with Gasteiger partial charge in [0.15, 0.2) is 0 Å². The van der Waals surface area contributed by atoms with E-state index in [4.69, 9.17) is 21.1 Å². The monoisotopic (exact) mass is 569 g/mol. The normalized spacial score (nSPS) is 19.3. The number of piperidine rings is 1. The maximum atomic E-state index is 13.0. The van der Waals surface area contributed by atoms with Gasteiger partial charge < -0.3 is 25.0 Å². The van der Waals surface area contributed by atoms with Crippen LogP contribution in [0.2, 0.25) is 5.02 Å². The van der Waals surface area contributed by atoms with E-state index in [2.05, 4.69) is 20.9 Å². The van der Waals surface area contributed by atoms with Gasteiger partial charge in [0.1, 0.15) is 18.4 Å². The Morgan fingerprint density at radius 3 is 2.75 bits per heavy atom. The van der Waals surface area contributed by atoms with Crippen molar-refractivity contribution in [3.05, 3.63) is 57.6 Å². The molecule has 12 heteroatoms. The molecule has 0 bridgehead atoms. The molecule has 2 aromatic carbocycles. The number of urea groups is 1. The predicted octanol–water partition coefficient (Wildman–Crippen LogP) is 2.44. The van der Waals surface area contributed by atoms with Crippen molar-refractivity contribution in [2.45, 2.75) is 38.9 Å². The summed E-state index contributed by atoms with van der Waals surface area (Å²) in [5.41, 5.74) is 3.33. The molecule has 5 amide bonds. The molecular weight excluding hydrogens is 538 g/mol. The molecule has 40 heavy (non-hydrogen) atoms. The highest BCUT2D eigenvalue weighted by atomic mass is 35.5. The van der Waals surface area contributed by atoms with E-state index in [1.165, 1.54) is 4.90 Å². The first-order valence-electron chi connectivity index (χ1n) is 13.3. The van der Waals surface area contributed by atoms with Crippen molar-refractivity contribution < 1.29 is 28.7 Å². The zero-order valence-electron chi connectivity index (χ0n) is 22.3. The van der Waals surface area contributed by atoms with E-state index < -0.39 is 18.0 Å². The number of nitrogens with zero attached hydrogens (tertiary/aromatic N) is 2. The number of amides is 5. The van der Waals surface area contributed by atoms with E-state index in [1.54, 1.807) is 18.2 Å². The van der Waals surface area contributed by atoms with Crippen molar-refractivity contribution in [1.29, 1.82) is 0 Å². The molecule has 0 aliphatic carbocycles. The molecule has 2 aromatic rings. The van der Waals surface area contributed by atoms with Crippen LogP contribution in [0.3, 0.4) is 0 Å². The number of halogens is 1. The van der Waals surface area contributed by atoms with Crippen molar-refractivity contribution in [1.82, 2.24) is 20.4 Å². The summed E-state index contributed by atoms with van der Waals surface area (Å²) in [4.78, 5) is 53.2. The first kappa shape index (κ1) is 27.9. The molecule has 3 heterocycles. The summed E-state index contributed by atoms with van der Waals surface area (Å²) < 4.78 is 11.3. The van der Waals surface area contributed by atoms with Crippen LogP contribution in [0.15, 0.2) is 30.3 Å². The van der Waals surface area contributed by atoms with E-state index in [0.717, 1.165) is 49.5 Å². The fourth-order valence-electron chi connectivity index (χ4n) is 5.05. The van der Waals surface area contributed by atoms with Crippen LogP contribution in [-0.2, 0) is 27.4 Å². The number of imide groups is 1. The van der Waals surface area contributed by atoms with Gasteiger partial charge in [-0.25, -0.2) is 4.79 Å². The van der Waals surface area contributed by atoms with Crippen LogP contribution in [0.5, 0.6) is 5.75 Å². The number of morpholine rings is 1. The quantitative estimate of drug-likeness (QED) is 0.416. The van der Waals surface area contributed by atoms with Gasteiger partial charge in [0.2, 0.25) is 11.8 Å². The van der Waals surface area contributed by atoms with Crippen molar-refractivity contribution in [3.8, 4) is 5.75 Å². The minimum absolute atomic E-state index is 0.188. The average Bonchev–Trinajstić information content (AvgIpc) is 3.26. The third kappa shape index (κ3) is 6.38. The lowest BCUT2D eigenvalue weighted by molar-refractivity contribution is -0.136. The summed E-state index contributed by atoms with van der Waals surface area (Å²) in [6.45, 7) is 6.82. The largest absolute Gasteiger partial charge is 0.492 e. The van der Waals surface area contributed by atoms with Crippen molar-refractivity contribution in [3.63, 3.8) is 0 Å². The Morgan fingerprint density at radius 2 is 1.98 bits per heavy atom. The summed E-state index contributed by atoms with van der Waals surface area (Å²) in [7, 11) is 0. The Kier molecular flexibility index (Phi) is 8.53. The SMILES string of the molecule is Cc1c(Cl)cc(NC(=O)NCc2ccc3c(c2)C(=O)N(C2CCC(=O)NC2=O)C3)cc1OCCN1CCOCC1. The van der Waals surface area contributed by atoms with Gasteiger partial charge in [-0.15, -0.1) is 0 Å². The van der Waals surface area contributed by atoms with Crippen LogP contribution >= 0.6 is 11.6 Å². The zero-order chi connectivity index (χ0) is 28.2. The standard InChI is InChI=1S/C28H32ClN5O6/c1-17-22(29)13-20(14-24(17)40-11-8-33-6-9-39-10-7-33)31-28(38)30-15-18-2-3-19-16-34(27(37)21(19)12-18)23-4-5-25(35)32-26(23)36/h2-3,12-14,23H,4-11,15-16H2,1H3,(H2,30,31,38)(H,32,35,36). The van der Waals surface area contributed by atoms with Crippen LogP contribution < -0.4 is 20.7 Å². The van der Waals surface area contributed by atoms with Crippen molar-refractivity contribution in [2.24, 2.45) is 0 Å². The van der Waals surface area contributed by atoms with Gasteiger partial charge in [0, 0.05) is 67.0 Å². The van der Waals surface area contributed by atoms with Crippen LogP contribution in [-0.4, -0.2) is 79.0 Å². The Balaban J connectivity index is 1.15. The second kappa shape index (κ2) is 12.2. The van der Waals surface area contributed by atoms with Gasteiger partial charge in [-0.1, -0.05) is 23.7 Å². The fraction of sp³-hybridized carbons (Fsp3) is 0.429. The second-order valence-electron chi connectivity index (χ2n) is 10.1. The summed E-state index contributed by atoms with van der Waals surface area (Å²) in [6.07, 6.45) is 0.512. The number of ether oxygens (including phenoxy) is 2. The number of fused-ring (bicyclic) bond motifs is 1. The Bertz CT molecular complexity index is 1330. The highest BCUT2D eigenvalue weighted by Gasteiger charge is 2.39. The first-order valence-corrected chi connectivity index (χ1v) is 13.7. The molecule has 3 N–H and O–H groups in total. The van der Waals surface area contributed by atoms with Crippen molar-refractivity contribution in [2.75, 3.05) is 44.8 Å². The van der Waals surface area contributed by atoms with Gasteiger partial charge in [0.25, 0.3) is 5.91 Å². The molecular formula is C28H32ClN5O6. The molecule has 5 rings (SSSR count). The fourth-order valence-corrected chi connectivity index (χ4v) is 5.27. The molecule has 212 valence electrons. The van der Waals surface area contributed by atoms with E-state index in [9.17, 15) is 19.2 Å². The van der Waals surface area contributed by atoms with Gasteiger partial charge in [-0.3, -0.25) is 24.6 Å². The maximum absolute atomic E-state index is 13.0. The summed E-state index contributed by atoms with van der Waals surface area (Å²) >= 11 is 6.40. The van der Waals surface area contributed by atoms with E-state index >= 15 is 0 Å². The van der Waals surface area contributed by atoms with Crippen molar-refractivity contribution >= 4 is 41.0 Å². The minimum Gasteiger partial charge on any atom is -0.492 e. The maximum Gasteiger partial charge on any atom is 0.319 e. The number of benzene rings is 2. The Labute approximate surface area is 237 Å². The highest BCUT2D eigenvalue weighted by Crippen LogP contribution is 2.31. The second-order valence-corrected chi connectivity index (χ2v) is 10.5. The highest BCUT2D eigenvalue weighted by molar-refractivity contribution is 6.32. The van der Waals surface area contributed by atoms with E-state index in [0.29, 0.717) is 41.6 Å². The molecule has 3 aliphatic rings. The predicted molar refractivity (Wildman–Crippen MR) is 147 cm³/mol. The number of anilines is 1. The van der Waals surface area contributed by atoms with E-state index in [1.807, 2.05) is 19.1 Å². The van der Waals surface area contributed by atoms with Gasteiger partial charge in [-0.05, 0) is 36.6 Å². The number of rotatable bonds is 8. The van der Waals surface area contributed by atoms with Gasteiger partial charge in [-0.2, -0.15) is 0 Å². The summed E-state index contributed by atoms with van der Waals surface area (Å²) in [5, 5.41) is 8.38. The van der Waals surface area contributed by atoms with Crippen LogP contribution in [0.25, 0.3) is 0 Å². The lowest BCUT2D eigenvalue weighted by Gasteiger charge is -2.29. The molecule has 0 saturated carbocycles. The topological polar surface area (TPSA) is 129 Å². The Hall–Kier alpha value is -3.67. The molecule has 0 radical (unpaired) electrons. The summed E-state index contributed by atoms with van der Waals surface area (Å²) in [5.74, 6) is -0.421. The first-order chi connectivity index (χ1) is 19.3. The molecule has 2 saturated heterocycles. The average molecular weight is 570 g/mol. The zero-order valence-corrected chi connectivity index (χ0v) is 23.0. The number of hydrogen-bond donors (Lipinski definition) is 3. The van der Waals surface area contributed by atoms with Crippen LogP contribution in [0.1, 0.15) is 39.9 Å². The lowest BCUT2D eigenvalue weighted by Crippen LogP contribution is -2.52. The Morgan fingerprint density at radius 1 is 1.18 bits per heavy atom. The molecule has 0 aromatic heterocycles. The smallest absolute Gasteiger partial charge is 0.319 e. The summed E-state index contributed by atoms with van der Waals surface area (Å²) in [6, 6.07) is 7.71. The molecule has 2 fully saturated rings. The molecule has 1 atom stereocenters. The lowest BCUT2D eigenvalue weighted by atomic mass is 10.0. The van der Waals surface area contributed by atoms with Gasteiger partial charge in [0.05, 0.1) is 13.2 Å².